The number of benzene rings is 1. The number of carbonyl (C=O) groups is 2. The number of rotatable bonds is 4. The molecule has 0 saturated heterocycles. The summed E-state index contributed by atoms with van der Waals surface area (Å²) < 4.78 is 0. The molecule has 5 nitrogen and oxygen atoms in total. The van der Waals surface area contributed by atoms with Crippen molar-refractivity contribution in [2.75, 3.05) is 0 Å². The molecule has 0 radical (unpaired) electrons. The smallest absolute Gasteiger partial charge is 0.320 e. The van der Waals surface area contributed by atoms with Crippen molar-refractivity contribution < 1.29 is 14.7 Å². The minimum absolute atomic E-state index is 0.260. The number of aromatic amines is 1. The fourth-order valence-corrected chi connectivity index (χ4v) is 1.77. The third-order valence-electron chi connectivity index (χ3n) is 2.68. The lowest BCUT2D eigenvalue weighted by molar-refractivity contribution is -0.138. The van der Waals surface area contributed by atoms with Gasteiger partial charge in [-0.3, -0.25) is 9.59 Å². The number of aromatic nitrogens is 1. The van der Waals surface area contributed by atoms with Crippen molar-refractivity contribution in [2.24, 2.45) is 5.73 Å². The van der Waals surface area contributed by atoms with E-state index in [1.165, 1.54) is 0 Å². The van der Waals surface area contributed by atoms with Gasteiger partial charge in [0.1, 0.15) is 12.3 Å². The van der Waals surface area contributed by atoms with Gasteiger partial charge in [0.25, 0.3) is 0 Å². The Labute approximate surface area is 97.2 Å². The van der Waals surface area contributed by atoms with Crippen LogP contribution >= 0.6 is 0 Å². The monoisotopic (exact) mass is 232 g/mol. The van der Waals surface area contributed by atoms with E-state index in [1.54, 1.807) is 24.4 Å². The van der Waals surface area contributed by atoms with E-state index in [0.717, 1.165) is 22.8 Å². The van der Waals surface area contributed by atoms with Gasteiger partial charge >= 0.3 is 5.97 Å². The summed E-state index contributed by atoms with van der Waals surface area (Å²) >= 11 is 0. The van der Waals surface area contributed by atoms with Gasteiger partial charge in [-0.2, -0.15) is 0 Å². The van der Waals surface area contributed by atoms with E-state index < -0.39 is 12.0 Å². The number of H-pyrrole nitrogens is 1. The van der Waals surface area contributed by atoms with Gasteiger partial charge in [-0.05, 0) is 11.6 Å². The zero-order valence-electron chi connectivity index (χ0n) is 9.01. The van der Waals surface area contributed by atoms with E-state index >= 15 is 0 Å². The highest BCUT2D eigenvalue weighted by Gasteiger charge is 2.14. The van der Waals surface area contributed by atoms with E-state index in [0.29, 0.717) is 5.56 Å². The maximum atomic E-state index is 10.7. The molecule has 0 aliphatic carbocycles. The molecule has 2 rings (SSSR count). The van der Waals surface area contributed by atoms with Crippen LogP contribution in [0.1, 0.15) is 15.9 Å². The molecule has 88 valence electrons. The minimum Gasteiger partial charge on any atom is -0.480 e. The molecule has 0 fully saturated rings. The van der Waals surface area contributed by atoms with Crippen LogP contribution in [0.3, 0.4) is 0 Å². The predicted molar refractivity (Wildman–Crippen MR) is 63.0 cm³/mol. The van der Waals surface area contributed by atoms with Crippen molar-refractivity contribution in [3.05, 3.63) is 35.5 Å². The molecular weight excluding hydrogens is 220 g/mol. The molecule has 5 heteroatoms. The topological polar surface area (TPSA) is 96.2 Å². The van der Waals surface area contributed by atoms with Crippen LogP contribution in [0, 0.1) is 0 Å². The summed E-state index contributed by atoms with van der Waals surface area (Å²) in [6.45, 7) is 0. The lowest BCUT2D eigenvalue weighted by Crippen LogP contribution is -2.32. The molecule has 4 N–H and O–H groups in total. The SMILES string of the molecule is N[C@@H](Cc1c[nH]c2cc(C=O)ccc12)C(=O)O. The lowest BCUT2D eigenvalue weighted by atomic mass is 10.0. The highest BCUT2D eigenvalue weighted by Crippen LogP contribution is 2.20. The second-order valence-electron chi connectivity index (χ2n) is 3.89. The molecule has 2 aromatic rings. The Bertz CT molecular complexity index is 574. The first-order valence-corrected chi connectivity index (χ1v) is 5.15. The fraction of sp³-hybridized carbons (Fsp3) is 0.167. The first kappa shape index (κ1) is 11.3. The van der Waals surface area contributed by atoms with Gasteiger partial charge < -0.3 is 15.8 Å². The summed E-state index contributed by atoms with van der Waals surface area (Å²) in [7, 11) is 0. The highest BCUT2D eigenvalue weighted by atomic mass is 16.4. The standard InChI is InChI=1S/C12H12N2O3/c13-10(12(16)17)4-8-5-14-11-3-7(6-15)1-2-9(8)11/h1-3,5-6,10,14H,4,13H2,(H,16,17)/t10-/m0/s1. The Hall–Kier alpha value is -2.14. The van der Waals surface area contributed by atoms with Crippen LogP contribution in [-0.4, -0.2) is 28.4 Å². The van der Waals surface area contributed by atoms with Crippen molar-refractivity contribution in [2.45, 2.75) is 12.5 Å². The average Bonchev–Trinajstić information content (AvgIpc) is 2.71. The quantitative estimate of drug-likeness (QED) is 0.683. The molecule has 1 heterocycles. The van der Waals surface area contributed by atoms with Crippen molar-refractivity contribution in [1.82, 2.24) is 4.98 Å². The van der Waals surface area contributed by atoms with Crippen molar-refractivity contribution in [3.8, 4) is 0 Å². The van der Waals surface area contributed by atoms with Crippen LogP contribution in [0.4, 0.5) is 0 Å². The number of fused-ring (bicyclic) bond motifs is 1. The second kappa shape index (κ2) is 4.39. The van der Waals surface area contributed by atoms with Crippen LogP contribution in [0.25, 0.3) is 10.9 Å². The Morgan fingerprint density at radius 2 is 2.29 bits per heavy atom. The summed E-state index contributed by atoms with van der Waals surface area (Å²) in [6.07, 6.45) is 2.75. The summed E-state index contributed by atoms with van der Waals surface area (Å²) in [5, 5.41) is 9.65. The number of hydrogen-bond donors (Lipinski definition) is 3. The number of hydrogen-bond acceptors (Lipinski definition) is 3. The summed E-state index contributed by atoms with van der Waals surface area (Å²) in [4.78, 5) is 24.3. The summed E-state index contributed by atoms with van der Waals surface area (Å²) in [5.41, 5.74) is 7.71. The van der Waals surface area contributed by atoms with E-state index in [4.69, 9.17) is 10.8 Å². The first-order chi connectivity index (χ1) is 8.11. The fourth-order valence-electron chi connectivity index (χ4n) is 1.77. The van der Waals surface area contributed by atoms with Crippen molar-refractivity contribution in [1.29, 1.82) is 0 Å². The Kier molecular flexibility index (Phi) is 2.93. The lowest BCUT2D eigenvalue weighted by Gasteiger charge is -2.04. The largest absolute Gasteiger partial charge is 0.480 e. The van der Waals surface area contributed by atoms with Gasteiger partial charge in [-0.1, -0.05) is 12.1 Å². The molecule has 1 aromatic carbocycles. The highest BCUT2D eigenvalue weighted by molar-refractivity contribution is 5.89. The average molecular weight is 232 g/mol. The molecule has 17 heavy (non-hydrogen) atoms. The zero-order valence-corrected chi connectivity index (χ0v) is 9.01. The van der Waals surface area contributed by atoms with E-state index in [-0.39, 0.29) is 6.42 Å². The molecule has 0 aliphatic heterocycles. The van der Waals surface area contributed by atoms with Gasteiger partial charge in [-0.25, -0.2) is 0 Å². The van der Waals surface area contributed by atoms with Gasteiger partial charge in [0.05, 0.1) is 0 Å². The van der Waals surface area contributed by atoms with Gasteiger partial charge in [0.2, 0.25) is 0 Å². The molecule has 0 bridgehead atoms. The number of nitrogens with one attached hydrogen (secondary N) is 1. The molecular formula is C12H12N2O3. The molecule has 1 aromatic heterocycles. The third kappa shape index (κ3) is 2.19. The number of aldehydes is 1. The molecule has 0 aliphatic rings. The third-order valence-corrected chi connectivity index (χ3v) is 2.68. The molecule has 0 saturated carbocycles. The van der Waals surface area contributed by atoms with E-state index in [2.05, 4.69) is 4.98 Å². The van der Waals surface area contributed by atoms with Gasteiger partial charge in [0.15, 0.2) is 0 Å². The first-order valence-electron chi connectivity index (χ1n) is 5.15. The van der Waals surface area contributed by atoms with Crippen LogP contribution in [0.5, 0.6) is 0 Å². The van der Waals surface area contributed by atoms with E-state index in [9.17, 15) is 9.59 Å². The van der Waals surface area contributed by atoms with Gasteiger partial charge in [-0.15, -0.1) is 0 Å². The van der Waals surface area contributed by atoms with Crippen LogP contribution in [-0.2, 0) is 11.2 Å². The van der Waals surface area contributed by atoms with Crippen molar-refractivity contribution >= 4 is 23.2 Å². The molecule has 1 atom stereocenters. The van der Waals surface area contributed by atoms with Crippen LogP contribution < -0.4 is 5.73 Å². The Morgan fingerprint density at radius 3 is 2.94 bits per heavy atom. The van der Waals surface area contributed by atoms with E-state index in [1.807, 2.05) is 0 Å². The second-order valence-corrected chi connectivity index (χ2v) is 3.89. The Morgan fingerprint density at radius 1 is 1.53 bits per heavy atom. The molecule has 0 unspecified atom stereocenters. The predicted octanol–water partition coefficient (Wildman–Crippen LogP) is 0.935. The summed E-state index contributed by atoms with van der Waals surface area (Å²) in [6, 6.07) is 4.29. The zero-order chi connectivity index (χ0) is 12.4. The minimum atomic E-state index is -1.02. The number of carbonyl (C=O) groups excluding carboxylic acids is 1. The normalized spacial score (nSPS) is 12.5. The number of carboxylic acid groups (broad SMARTS) is 1. The van der Waals surface area contributed by atoms with Crippen LogP contribution in [0.2, 0.25) is 0 Å². The Balaban J connectivity index is 2.36. The maximum Gasteiger partial charge on any atom is 0.320 e. The van der Waals surface area contributed by atoms with Crippen molar-refractivity contribution in [3.63, 3.8) is 0 Å². The summed E-state index contributed by atoms with van der Waals surface area (Å²) in [5.74, 6) is -1.02. The van der Waals surface area contributed by atoms with Gasteiger partial charge in [0, 0.05) is 29.1 Å². The number of carboxylic acids is 1. The maximum absolute atomic E-state index is 10.7. The number of nitrogens with two attached hydrogens (primary N) is 1. The molecule has 0 amide bonds. The number of aliphatic carboxylic acids is 1. The van der Waals surface area contributed by atoms with Crippen LogP contribution in [0.15, 0.2) is 24.4 Å². The molecule has 0 spiro atoms.